The second-order valence-corrected chi connectivity index (χ2v) is 6.08. The van der Waals surface area contributed by atoms with E-state index in [1.165, 1.54) is 6.07 Å². The molecule has 1 heterocycles. The van der Waals surface area contributed by atoms with Crippen LogP contribution in [0, 0.1) is 11.7 Å². The summed E-state index contributed by atoms with van der Waals surface area (Å²) in [6.45, 7) is 4.86. The first-order valence-corrected chi connectivity index (χ1v) is 7.10. The Kier molecular flexibility index (Phi) is 4.45. The molecule has 1 nitrogen and oxygen atoms in total. The van der Waals surface area contributed by atoms with Crippen molar-refractivity contribution in [2.75, 3.05) is 13.1 Å². The fourth-order valence-electron chi connectivity index (χ4n) is 2.14. The summed E-state index contributed by atoms with van der Waals surface area (Å²) in [6, 6.07) is 5.17. The van der Waals surface area contributed by atoms with Crippen LogP contribution in [0.1, 0.15) is 18.9 Å². The summed E-state index contributed by atoms with van der Waals surface area (Å²) in [4.78, 5) is 2.29. The maximum absolute atomic E-state index is 13.4. The molecule has 1 saturated heterocycles. The lowest BCUT2D eigenvalue weighted by Crippen LogP contribution is -2.39. The maximum Gasteiger partial charge on any atom is 0.137 e. The number of hydrogen-bond donors (Lipinski definition) is 0. The minimum absolute atomic E-state index is 0.199. The van der Waals surface area contributed by atoms with E-state index in [0.29, 0.717) is 10.4 Å². The van der Waals surface area contributed by atoms with Crippen molar-refractivity contribution in [2.24, 2.45) is 5.92 Å². The quantitative estimate of drug-likeness (QED) is 0.744. The molecule has 0 amide bonds. The Labute approximate surface area is 115 Å². The van der Waals surface area contributed by atoms with Gasteiger partial charge >= 0.3 is 0 Å². The number of halogens is 3. The lowest BCUT2D eigenvalue weighted by molar-refractivity contribution is 0.189. The normalized spacial score (nSPS) is 26.1. The first-order valence-electron chi connectivity index (χ1n) is 5.87. The largest absolute Gasteiger partial charge is 0.298 e. The number of piperidine rings is 1. The van der Waals surface area contributed by atoms with Crippen LogP contribution >= 0.6 is 27.5 Å². The maximum atomic E-state index is 13.4. The van der Waals surface area contributed by atoms with Gasteiger partial charge in [-0.1, -0.05) is 19.1 Å². The average molecular weight is 321 g/mol. The van der Waals surface area contributed by atoms with Gasteiger partial charge in [0.15, 0.2) is 0 Å². The van der Waals surface area contributed by atoms with Crippen molar-refractivity contribution >= 4 is 27.5 Å². The van der Waals surface area contributed by atoms with Crippen LogP contribution in [0.2, 0.25) is 0 Å². The van der Waals surface area contributed by atoms with Gasteiger partial charge in [0.25, 0.3) is 0 Å². The van der Waals surface area contributed by atoms with E-state index in [9.17, 15) is 4.39 Å². The number of alkyl halides is 1. The number of hydrogen-bond acceptors (Lipinski definition) is 1. The zero-order valence-corrected chi connectivity index (χ0v) is 12.1. The van der Waals surface area contributed by atoms with Gasteiger partial charge in [0.1, 0.15) is 5.82 Å². The van der Waals surface area contributed by atoms with Crippen LogP contribution < -0.4 is 0 Å². The van der Waals surface area contributed by atoms with Crippen molar-refractivity contribution in [1.82, 2.24) is 4.90 Å². The van der Waals surface area contributed by atoms with Crippen LogP contribution in [-0.4, -0.2) is 23.4 Å². The molecule has 0 aromatic heterocycles. The molecule has 0 spiro atoms. The highest BCUT2D eigenvalue weighted by Gasteiger charge is 2.24. The standard InChI is InChI=1S/C13H16BrClFN/c1-9-5-6-17(8-11(9)15)7-10-3-2-4-12(16)13(10)14/h2-4,9,11H,5-8H2,1H3. The van der Waals surface area contributed by atoms with Crippen molar-refractivity contribution < 1.29 is 4.39 Å². The van der Waals surface area contributed by atoms with E-state index in [1.807, 2.05) is 6.07 Å². The monoisotopic (exact) mass is 319 g/mol. The van der Waals surface area contributed by atoms with Crippen LogP contribution in [0.3, 0.4) is 0 Å². The predicted molar refractivity (Wildman–Crippen MR) is 72.8 cm³/mol. The van der Waals surface area contributed by atoms with Gasteiger partial charge in [0.05, 0.1) is 4.47 Å². The van der Waals surface area contributed by atoms with Gasteiger partial charge in [-0.2, -0.15) is 0 Å². The third kappa shape index (κ3) is 3.21. The molecule has 2 unspecified atom stereocenters. The van der Waals surface area contributed by atoms with E-state index in [4.69, 9.17) is 11.6 Å². The Bertz CT molecular complexity index is 399. The molecule has 1 aliphatic heterocycles. The van der Waals surface area contributed by atoms with Gasteiger partial charge in [-0.25, -0.2) is 4.39 Å². The van der Waals surface area contributed by atoms with Gasteiger partial charge in [0, 0.05) is 18.5 Å². The molecule has 4 heteroatoms. The third-order valence-corrected chi connectivity index (χ3v) is 4.83. The topological polar surface area (TPSA) is 3.24 Å². The molecule has 0 N–H and O–H groups in total. The Balaban J connectivity index is 2.04. The first kappa shape index (κ1) is 13.3. The summed E-state index contributed by atoms with van der Waals surface area (Å²) in [5.41, 5.74) is 0.989. The Hall–Kier alpha value is -0.120. The van der Waals surface area contributed by atoms with Gasteiger partial charge in [0.2, 0.25) is 0 Å². The summed E-state index contributed by atoms with van der Waals surface area (Å²) < 4.78 is 14.0. The van der Waals surface area contributed by atoms with Crippen LogP contribution in [-0.2, 0) is 6.54 Å². The third-order valence-electron chi connectivity index (χ3n) is 3.38. The summed E-state index contributed by atoms with van der Waals surface area (Å²) in [5.74, 6) is 0.374. The SMILES string of the molecule is CC1CCN(Cc2cccc(F)c2Br)CC1Cl. The highest BCUT2D eigenvalue weighted by molar-refractivity contribution is 9.10. The summed E-state index contributed by atoms with van der Waals surface area (Å²) in [5, 5.41) is 0.205. The zero-order valence-electron chi connectivity index (χ0n) is 9.80. The van der Waals surface area contributed by atoms with Crippen LogP contribution in [0.15, 0.2) is 22.7 Å². The van der Waals surface area contributed by atoms with Crippen LogP contribution in [0.25, 0.3) is 0 Å². The average Bonchev–Trinajstić information content (AvgIpc) is 2.30. The zero-order chi connectivity index (χ0) is 12.4. The van der Waals surface area contributed by atoms with E-state index in [1.54, 1.807) is 6.07 Å². The molecule has 1 aromatic rings. The van der Waals surface area contributed by atoms with E-state index in [2.05, 4.69) is 27.8 Å². The van der Waals surface area contributed by atoms with Crippen molar-refractivity contribution in [1.29, 1.82) is 0 Å². The summed E-state index contributed by atoms with van der Waals surface area (Å²) in [6.07, 6.45) is 1.11. The Morgan fingerprint density at radius 3 is 3.00 bits per heavy atom. The highest BCUT2D eigenvalue weighted by Crippen LogP contribution is 2.26. The minimum Gasteiger partial charge on any atom is -0.298 e. The predicted octanol–water partition coefficient (Wildman–Crippen LogP) is 4.04. The lowest BCUT2D eigenvalue weighted by Gasteiger charge is -2.34. The first-order chi connectivity index (χ1) is 8.08. The van der Waals surface area contributed by atoms with Crippen LogP contribution in [0.4, 0.5) is 4.39 Å². The minimum atomic E-state index is -0.199. The molecule has 1 fully saturated rings. The van der Waals surface area contributed by atoms with Crippen molar-refractivity contribution in [3.63, 3.8) is 0 Å². The molecule has 1 aliphatic rings. The molecule has 0 bridgehead atoms. The van der Waals surface area contributed by atoms with E-state index in [-0.39, 0.29) is 11.2 Å². The molecular weight excluding hydrogens is 305 g/mol. The Morgan fingerprint density at radius 2 is 2.29 bits per heavy atom. The Morgan fingerprint density at radius 1 is 1.53 bits per heavy atom. The molecule has 2 rings (SSSR count). The molecule has 0 saturated carbocycles. The van der Waals surface area contributed by atoms with Crippen molar-refractivity contribution in [3.05, 3.63) is 34.1 Å². The summed E-state index contributed by atoms with van der Waals surface area (Å²) >= 11 is 9.57. The number of nitrogens with zero attached hydrogens (tertiary/aromatic N) is 1. The number of rotatable bonds is 2. The smallest absolute Gasteiger partial charge is 0.137 e. The van der Waals surface area contributed by atoms with E-state index in [0.717, 1.165) is 31.6 Å². The fourth-order valence-corrected chi connectivity index (χ4v) is 2.85. The molecule has 0 aliphatic carbocycles. The summed E-state index contributed by atoms with van der Waals surface area (Å²) in [7, 11) is 0. The second-order valence-electron chi connectivity index (χ2n) is 4.73. The van der Waals surface area contributed by atoms with Gasteiger partial charge in [-0.05, 0) is 46.4 Å². The molecule has 0 radical (unpaired) electrons. The molecule has 2 atom stereocenters. The molecule has 94 valence electrons. The molecule has 1 aromatic carbocycles. The highest BCUT2D eigenvalue weighted by atomic mass is 79.9. The van der Waals surface area contributed by atoms with Gasteiger partial charge in [-0.15, -0.1) is 11.6 Å². The fraction of sp³-hybridized carbons (Fsp3) is 0.538. The molecule has 17 heavy (non-hydrogen) atoms. The number of likely N-dealkylation sites (tertiary alicyclic amines) is 1. The lowest BCUT2D eigenvalue weighted by atomic mass is 9.98. The second kappa shape index (κ2) is 5.68. The number of benzene rings is 1. The van der Waals surface area contributed by atoms with Crippen molar-refractivity contribution in [2.45, 2.75) is 25.3 Å². The van der Waals surface area contributed by atoms with Crippen molar-refractivity contribution in [3.8, 4) is 0 Å². The molecular formula is C13H16BrClFN. The van der Waals surface area contributed by atoms with E-state index >= 15 is 0 Å². The van der Waals surface area contributed by atoms with E-state index < -0.39 is 0 Å². The van der Waals surface area contributed by atoms with Crippen LogP contribution in [0.5, 0.6) is 0 Å². The van der Waals surface area contributed by atoms with Gasteiger partial charge < -0.3 is 0 Å². The van der Waals surface area contributed by atoms with Gasteiger partial charge in [-0.3, -0.25) is 4.90 Å².